The van der Waals surface area contributed by atoms with E-state index in [1.165, 1.54) is 0 Å². The zero-order chi connectivity index (χ0) is 24.7. The van der Waals surface area contributed by atoms with Gasteiger partial charge in [-0.15, -0.1) is 0 Å². The van der Waals surface area contributed by atoms with Crippen molar-refractivity contribution >= 4 is 27.9 Å². The summed E-state index contributed by atoms with van der Waals surface area (Å²) in [5.74, 6) is -0.456. The topological polar surface area (TPSA) is 74.3 Å². The summed E-state index contributed by atoms with van der Waals surface area (Å²) >= 11 is 3.49. The van der Waals surface area contributed by atoms with Crippen LogP contribution in [0, 0.1) is 0 Å². The number of benzene rings is 2. The maximum absolute atomic E-state index is 13.1. The van der Waals surface area contributed by atoms with E-state index in [1.807, 2.05) is 36.4 Å². The van der Waals surface area contributed by atoms with Crippen LogP contribution in [-0.4, -0.2) is 44.3 Å². The molecule has 0 saturated carbocycles. The van der Waals surface area contributed by atoms with Crippen molar-refractivity contribution in [2.45, 2.75) is 26.3 Å². The fraction of sp³-hybridized carbons (Fsp3) is 0.308. The molecule has 0 N–H and O–H groups in total. The molecule has 2 aromatic carbocycles. The third-order valence-corrected chi connectivity index (χ3v) is 5.77. The van der Waals surface area contributed by atoms with Gasteiger partial charge in [0.15, 0.2) is 0 Å². The number of hydrogen-bond donors (Lipinski definition) is 0. The van der Waals surface area contributed by atoms with Crippen LogP contribution in [-0.2, 0) is 25.6 Å². The van der Waals surface area contributed by atoms with Crippen LogP contribution >= 0.6 is 15.9 Å². The molecule has 0 bridgehead atoms. The lowest BCUT2D eigenvalue weighted by atomic mass is 9.82. The summed E-state index contributed by atoms with van der Waals surface area (Å²) in [4.78, 5) is 28.0. The molecule has 0 unspecified atom stereocenters. The molecule has 8 heteroatoms. The first-order valence-corrected chi connectivity index (χ1v) is 11.7. The molecule has 0 aliphatic carbocycles. The van der Waals surface area contributed by atoms with Gasteiger partial charge in [-0.3, -0.25) is 0 Å². The second kappa shape index (κ2) is 11.7. The first-order chi connectivity index (χ1) is 16.4. The van der Waals surface area contributed by atoms with E-state index in [-0.39, 0.29) is 13.2 Å². The minimum atomic E-state index is -0.724. The Morgan fingerprint density at radius 1 is 0.882 bits per heavy atom. The van der Waals surface area contributed by atoms with Crippen LogP contribution in [0.3, 0.4) is 0 Å². The van der Waals surface area contributed by atoms with Crippen molar-refractivity contribution in [2.75, 3.05) is 27.4 Å². The maximum atomic E-state index is 13.1. The van der Waals surface area contributed by atoms with Crippen molar-refractivity contribution in [1.29, 1.82) is 0 Å². The Hall–Kier alpha value is -3.26. The lowest BCUT2D eigenvalue weighted by Crippen LogP contribution is -2.29. The predicted octanol–water partition coefficient (Wildman–Crippen LogP) is 4.96. The van der Waals surface area contributed by atoms with E-state index in [2.05, 4.69) is 15.9 Å². The number of halogens is 1. The monoisotopic (exact) mass is 529 g/mol. The molecule has 1 heterocycles. The summed E-state index contributed by atoms with van der Waals surface area (Å²) in [5, 5.41) is 0. The number of nitrogens with zero attached hydrogens (tertiary/aromatic N) is 1. The van der Waals surface area contributed by atoms with Crippen LogP contribution < -0.4 is 9.47 Å². The lowest BCUT2D eigenvalue weighted by molar-refractivity contribution is -0.139. The Labute approximate surface area is 208 Å². The van der Waals surface area contributed by atoms with E-state index in [9.17, 15) is 9.59 Å². The van der Waals surface area contributed by atoms with Gasteiger partial charge in [0.25, 0.3) is 0 Å². The van der Waals surface area contributed by atoms with E-state index in [0.717, 1.165) is 15.8 Å². The normalized spacial score (nSPS) is 13.6. The Balaban J connectivity index is 2.12. The Bertz CT molecular complexity index is 1060. The van der Waals surface area contributed by atoms with Gasteiger partial charge >= 0.3 is 11.9 Å². The molecule has 7 nitrogen and oxygen atoms in total. The second-order valence-electron chi connectivity index (χ2n) is 7.45. The van der Waals surface area contributed by atoms with Crippen molar-refractivity contribution in [3.63, 3.8) is 0 Å². The predicted molar refractivity (Wildman–Crippen MR) is 131 cm³/mol. The highest BCUT2D eigenvalue weighted by atomic mass is 79.9. The van der Waals surface area contributed by atoms with Crippen molar-refractivity contribution in [1.82, 2.24) is 4.90 Å². The largest absolute Gasteiger partial charge is 0.497 e. The van der Waals surface area contributed by atoms with E-state index in [4.69, 9.17) is 18.9 Å². The van der Waals surface area contributed by atoms with Gasteiger partial charge in [0, 0.05) is 29.0 Å². The summed E-state index contributed by atoms with van der Waals surface area (Å²) in [6, 6.07) is 13.0. The molecule has 0 radical (unpaired) electrons. The number of methoxy groups -OCH3 is 2. The third kappa shape index (κ3) is 5.80. The van der Waals surface area contributed by atoms with Crippen LogP contribution in [0.5, 0.6) is 11.5 Å². The zero-order valence-corrected chi connectivity index (χ0v) is 21.3. The standard InChI is InChI=1S/C26H28BrNO6/c1-5-33-25(29)21-15-28(14-17-7-10-19(31-3)11-8-17)16-22(26(30)34-6-2)24(21)20-13-18(27)9-12-23(20)32-4/h7-13,15-16,24H,5-6,14H2,1-4H3. The Kier molecular flexibility index (Phi) is 8.76. The lowest BCUT2D eigenvalue weighted by Gasteiger charge is -2.31. The fourth-order valence-corrected chi connectivity index (χ4v) is 4.16. The van der Waals surface area contributed by atoms with Crippen LogP contribution in [0.2, 0.25) is 0 Å². The molecule has 34 heavy (non-hydrogen) atoms. The second-order valence-corrected chi connectivity index (χ2v) is 8.37. The van der Waals surface area contributed by atoms with Crippen molar-refractivity contribution in [3.05, 3.63) is 81.6 Å². The van der Waals surface area contributed by atoms with Crippen LogP contribution in [0.25, 0.3) is 0 Å². The zero-order valence-electron chi connectivity index (χ0n) is 19.7. The van der Waals surface area contributed by atoms with Gasteiger partial charge in [-0.2, -0.15) is 0 Å². The smallest absolute Gasteiger partial charge is 0.336 e. The van der Waals surface area contributed by atoms with Crippen LogP contribution in [0.1, 0.15) is 30.9 Å². The van der Waals surface area contributed by atoms with Crippen LogP contribution in [0.4, 0.5) is 0 Å². The number of carbonyl (C=O) groups excluding carboxylic acids is 2. The van der Waals surface area contributed by atoms with Crippen LogP contribution in [0.15, 0.2) is 70.5 Å². The van der Waals surface area contributed by atoms with Gasteiger partial charge in [-0.1, -0.05) is 28.1 Å². The molecule has 180 valence electrons. The maximum Gasteiger partial charge on any atom is 0.336 e. The number of hydrogen-bond acceptors (Lipinski definition) is 7. The van der Waals surface area contributed by atoms with E-state index in [0.29, 0.717) is 29.0 Å². The highest BCUT2D eigenvalue weighted by molar-refractivity contribution is 9.10. The molecule has 3 rings (SSSR count). The summed E-state index contributed by atoms with van der Waals surface area (Å²) in [5.41, 5.74) is 2.26. The molecular weight excluding hydrogens is 502 g/mol. The Morgan fingerprint density at radius 3 is 1.97 bits per heavy atom. The fourth-order valence-electron chi connectivity index (χ4n) is 3.78. The third-order valence-electron chi connectivity index (χ3n) is 5.28. The SMILES string of the molecule is CCOC(=O)C1=CN(Cc2ccc(OC)cc2)C=C(C(=O)OCC)C1c1cc(Br)ccc1OC. The van der Waals surface area contributed by atoms with Gasteiger partial charge in [-0.05, 0) is 49.7 Å². The summed E-state index contributed by atoms with van der Waals surface area (Å²) in [6.45, 7) is 4.32. The van der Waals surface area contributed by atoms with Crippen molar-refractivity contribution in [3.8, 4) is 11.5 Å². The molecule has 0 aromatic heterocycles. The first kappa shape index (κ1) is 25.4. The molecule has 0 spiro atoms. The highest BCUT2D eigenvalue weighted by Gasteiger charge is 2.37. The molecular formula is C26H28BrNO6. The molecule has 0 atom stereocenters. The molecule has 0 saturated heterocycles. The summed E-state index contributed by atoms with van der Waals surface area (Å²) in [7, 11) is 3.16. The van der Waals surface area contributed by atoms with Crippen molar-refractivity contribution in [2.24, 2.45) is 0 Å². The molecule has 2 aromatic rings. The minimum Gasteiger partial charge on any atom is -0.497 e. The molecule has 0 fully saturated rings. The molecule has 1 aliphatic heterocycles. The summed E-state index contributed by atoms with van der Waals surface area (Å²) < 4.78 is 22.3. The van der Waals surface area contributed by atoms with E-state index >= 15 is 0 Å². The number of esters is 2. The minimum absolute atomic E-state index is 0.204. The molecule has 0 amide bonds. The first-order valence-electron chi connectivity index (χ1n) is 10.9. The van der Waals surface area contributed by atoms with Gasteiger partial charge in [0.05, 0.1) is 44.5 Å². The number of carbonyl (C=O) groups is 2. The van der Waals surface area contributed by atoms with Gasteiger partial charge in [0.2, 0.25) is 0 Å². The van der Waals surface area contributed by atoms with Crippen molar-refractivity contribution < 1.29 is 28.5 Å². The number of rotatable bonds is 9. The van der Waals surface area contributed by atoms with Gasteiger partial charge < -0.3 is 23.8 Å². The summed E-state index contributed by atoms with van der Waals surface area (Å²) in [6.07, 6.45) is 3.44. The van der Waals surface area contributed by atoms with Gasteiger partial charge in [-0.25, -0.2) is 9.59 Å². The van der Waals surface area contributed by atoms with Gasteiger partial charge in [0.1, 0.15) is 11.5 Å². The van der Waals surface area contributed by atoms with E-state index in [1.54, 1.807) is 51.4 Å². The number of ether oxygens (including phenoxy) is 4. The quantitative estimate of drug-likeness (QED) is 0.425. The van der Waals surface area contributed by atoms with E-state index < -0.39 is 17.9 Å². The average Bonchev–Trinajstić information content (AvgIpc) is 2.84. The highest BCUT2D eigenvalue weighted by Crippen LogP contribution is 2.42. The average molecular weight is 530 g/mol. The molecule has 1 aliphatic rings. The Morgan fingerprint density at radius 2 is 1.47 bits per heavy atom.